The Labute approximate surface area is 99.3 Å². The second-order valence-corrected chi connectivity index (χ2v) is 6.07. The van der Waals surface area contributed by atoms with Crippen molar-refractivity contribution >= 4 is 0 Å². The first-order valence-corrected chi connectivity index (χ1v) is 6.50. The second-order valence-electron chi connectivity index (χ2n) is 6.07. The zero-order valence-corrected chi connectivity index (χ0v) is 10.8. The van der Waals surface area contributed by atoms with Gasteiger partial charge < -0.3 is 5.11 Å². The Morgan fingerprint density at radius 2 is 2.25 bits per heavy atom. The third-order valence-corrected chi connectivity index (χ3v) is 4.63. The molecule has 1 N–H and O–H groups in total. The molecule has 2 aliphatic carbocycles. The Balaban J connectivity index is 2.27. The van der Waals surface area contributed by atoms with E-state index in [4.69, 9.17) is 0 Å². The molecule has 2 aliphatic rings. The summed E-state index contributed by atoms with van der Waals surface area (Å²) in [5.74, 6) is 1.88. The molecular formula is C15H24O. The molecule has 16 heavy (non-hydrogen) atoms. The van der Waals surface area contributed by atoms with Crippen molar-refractivity contribution in [2.75, 3.05) is 0 Å². The van der Waals surface area contributed by atoms with E-state index in [2.05, 4.69) is 26.5 Å². The molecule has 4 atom stereocenters. The van der Waals surface area contributed by atoms with Gasteiger partial charge in [-0.3, -0.25) is 0 Å². The first-order valence-electron chi connectivity index (χ1n) is 6.50. The molecular weight excluding hydrogens is 196 g/mol. The number of fused-ring (bicyclic) bond motifs is 1. The third-order valence-electron chi connectivity index (χ3n) is 4.63. The van der Waals surface area contributed by atoms with Crippen molar-refractivity contribution in [3.63, 3.8) is 0 Å². The van der Waals surface area contributed by atoms with Gasteiger partial charge in [0.25, 0.3) is 0 Å². The SMILES string of the molecule is C=C(C)[C@@H]1CC[C@@](C)(O)C2=CC[C@H](C)[C@@H]2C1. The van der Waals surface area contributed by atoms with Gasteiger partial charge in [-0.25, -0.2) is 0 Å². The van der Waals surface area contributed by atoms with Crippen LogP contribution in [0.1, 0.15) is 46.5 Å². The van der Waals surface area contributed by atoms with Crippen LogP contribution in [0.3, 0.4) is 0 Å². The van der Waals surface area contributed by atoms with Crippen molar-refractivity contribution in [3.05, 3.63) is 23.8 Å². The van der Waals surface area contributed by atoms with Gasteiger partial charge in [-0.2, -0.15) is 0 Å². The van der Waals surface area contributed by atoms with E-state index in [1.165, 1.54) is 17.6 Å². The lowest BCUT2D eigenvalue weighted by Crippen LogP contribution is -2.29. The highest BCUT2D eigenvalue weighted by Crippen LogP contribution is 2.47. The highest BCUT2D eigenvalue weighted by molar-refractivity contribution is 5.26. The average molecular weight is 220 g/mol. The maximum Gasteiger partial charge on any atom is 0.0831 e. The highest BCUT2D eigenvalue weighted by Gasteiger charge is 2.41. The average Bonchev–Trinajstić information content (AvgIpc) is 2.47. The first-order chi connectivity index (χ1) is 7.42. The maximum absolute atomic E-state index is 10.5. The van der Waals surface area contributed by atoms with Crippen LogP contribution >= 0.6 is 0 Å². The number of rotatable bonds is 1. The van der Waals surface area contributed by atoms with E-state index in [0.717, 1.165) is 19.3 Å². The van der Waals surface area contributed by atoms with Crippen molar-refractivity contribution < 1.29 is 5.11 Å². The number of hydrogen-bond donors (Lipinski definition) is 1. The number of aliphatic hydroxyl groups is 1. The molecule has 0 unspecified atom stereocenters. The summed E-state index contributed by atoms with van der Waals surface area (Å²) in [6, 6.07) is 0. The molecule has 1 fully saturated rings. The quantitative estimate of drug-likeness (QED) is 0.668. The van der Waals surface area contributed by atoms with Crippen LogP contribution in [-0.4, -0.2) is 10.7 Å². The van der Waals surface area contributed by atoms with Crippen LogP contribution in [0.5, 0.6) is 0 Å². The minimum Gasteiger partial charge on any atom is -0.386 e. The summed E-state index contributed by atoms with van der Waals surface area (Å²) < 4.78 is 0. The van der Waals surface area contributed by atoms with Crippen LogP contribution in [-0.2, 0) is 0 Å². The molecule has 0 amide bonds. The normalized spacial score (nSPS) is 43.5. The number of allylic oxidation sites excluding steroid dienone is 2. The monoisotopic (exact) mass is 220 g/mol. The molecule has 1 saturated carbocycles. The van der Waals surface area contributed by atoms with Gasteiger partial charge in [-0.05, 0) is 62.9 Å². The summed E-state index contributed by atoms with van der Waals surface area (Å²) >= 11 is 0. The summed E-state index contributed by atoms with van der Waals surface area (Å²) in [6.45, 7) is 10.5. The van der Waals surface area contributed by atoms with E-state index in [9.17, 15) is 5.11 Å². The lowest BCUT2D eigenvalue weighted by molar-refractivity contribution is 0.0809. The molecule has 0 aromatic heterocycles. The van der Waals surface area contributed by atoms with Crippen LogP contribution in [0, 0.1) is 17.8 Å². The summed E-state index contributed by atoms with van der Waals surface area (Å²) in [7, 11) is 0. The van der Waals surface area contributed by atoms with Crippen LogP contribution in [0.4, 0.5) is 0 Å². The minimum absolute atomic E-state index is 0.570. The van der Waals surface area contributed by atoms with Crippen LogP contribution in [0.2, 0.25) is 0 Å². The van der Waals surface area contributed by atoms with Crippen molar-refractivity contribution in [2.24, 2.45) is 17.8 Å². The zero-order valence-electron chi connectivity index (χ0n) is 10.8. The largest absolute Gasteiger partial charge is 0.386 e. The molecule has 0 spiro atoms. The van der Waals surface area contributed by atoms with E-state index in [0.29, 0.717) is 17.8 Å². The molecule has 2 rings (SSSR count). The smallest absolute Gasteiger partial charge is 0.0831 e. The van der Waals surface area contributed by atoms with Gasteiger partial charge in [0.2, 0.25) is 0 Å². The molecule has 0 aromatic rings. The predicted octanol–water partition coefficient (Wildman–Crippen LogP) is 3.70. The van der Waals surface area contributed by atoms with Gasteiger partial charge in [-0.1, -0.05) is 25.2 Å². The molecule has 0 radical (unpaired) electrons. The molecule has 0 bridgehead atoms. The van der Waals surface area contributed by atoms with E-state index < -0.39 is 5.60 Å². The topological polar surface area (TPSA) is 20.2 Å². The number of hydrogen-bond acceptors (Lipinski definition) is 1. The van der Waals surface area contributed by atoms with Crippen LogP contribution in [0.15, 0.2) is 23.8 Å². The summed E-state index contributed by atoms with van der Waals surface area (Å²) in [4.78, 5) is 0. The van der Waals surface area contributed by atoms with E-state index >= 15 is 0 Å². The molecule has 90 valence electrons. The summed E-state index contributed by atoms with van der Waals surface area (Å²) in [5, 5.41) is 10.5. The standard InChI is InChI=1S/C15H24O/c1-10(2)12-7-8-15(4,16)14-6-5-11(3)13(14)9-12/h6,11-13,16H,1,5,7-9H2,2-4H3/t11-,12+,13-,15+/m0/s1. The lowest BCUT2D eigenvalue weighted by Gasteiger charge is -2.28. The Hall–Kier alpha value is -0.560. The van der Waals surface area contributed by atoms with E-state index in [-0.39, 0.29) is 0 Å². The molecule has 1 heteroatoms. The van der Waals surface area contributed by atoms with Crippen molar-refractivity contribution in [2.45, 2.75) is 52.1 Å². The maximum atomic E-state index is 10.5. The fraction of sp³-hybridized carbons (Fsp3) is 0.733. The van der Waals surface area contributed by atoms with Gasteiger partial charge in [-0.15, -0.1) is 0 Å². The third kappa shape index (κ3) is 1.98. The van der Waals surface area contributed by atoms with E-state index in [1.807, 2.05) is 6.92 Å². The zero-order chi connectivity index (χ0) is 11.9. The van der Waals surface area contributed by atoms with Gasteiger partial charge in [0.1, 0.15) is 0 Å². The summed E-state index contributed by atoms with van der Waals surface area (Å²) in [5.41, 5.74) is 2.03. The summed E-state index contributed by atoms with van der Waals surface area (Å²) in [6.07, 6.45) is 6.59. The van der Waals surface area contributed by atoms with Crippen LogP contribution in [0.25, 0.3) is 0 Å². The van der Waals surface area contributed by atoms with Crippen molar-refractivity contribution in [3.8, 4) is 0 Å². The Bertz CT molecular complexity index is 324. The fourth-order valence-electron chi connectivity index (χ4n) is 3.39. The van der Waals surface area contributed by atoms with Gasteiger partial charge in [0.05, 0.1) is 5.60 Å². The first kappa shape index (κ1) is 11.9. The molecule has 0 saturated heterocycles. The molecule has 1 nitrogen and oxygen atoms in total. The van der Waals surface area contributed by atoms with Crippen molar-refractivity contribution in [1.29, 1.82) is 0 Å². The fourth-order valence-corrected chi connectivity index (χ4v) is 3.39. The molecule has 0 heterocycles. The van der Waals surface area contributed by atoms with Gasteiger partial charge in [0.15, 0.2) is 0 Å². The van der Waals surface area contributed by atoms with Crippen molar-refractivity contribution in [1.82, 2.24) is 0 Å². The Morgan fingerprint density at radius 1 is 1.56 bits per heavy atom. The Kier molecular flexibility index (Phi) is 3.00. The highest BCUT2D eigenvalue weighted by atomic mass is 16.3. The van der Waals surface area contributed by atoms with Crippen LogP contribution < -0.4 is 0 Å². The molecule has 0 aliphatic heterocycles. The predicted molar refractivity (Wildman–Crippen MR) is 68.1 cm³/mol. The van der Waals surface area contributed by atoms with Gasteiger partial charge in [0, 0.05) is 0 Å². The lowest BCUT2D eigenvalue weighted by atomic mass is 9.81. The molecule has 0 aromatic carbocycles. The second kappa shape index (κ2) is 4.03. The Morgan fingerprint density at radius 3 is 2.88 bits per heavy atom. The minimum atomic E-state index is -0.570. The van der Waals surface area contributed by atoms with Gasteiger partial charge >= 0.3 is 0 Å². The van der Waals surface area contributed by atoms with E-state index in [1.54, 1.807) is 0 Å².